The number of allylic oxidation sites excluding steroid dienone is 4. The number of thioether (sulfide) groups is 1. The Labute approximate surface area is 197 Å². The number of hydrogen-bond donors (Lipinski definition) is 2. The van der Waals surface area contributed by atoms with E-state index in [0.717, 1.165) is 5.56 Å². The number of nitrogens with one attached hydrogen (secondary N) is 2. The zero-order valence-corrected chi connectivity index (χ0v) is 19.1. The fourth-order valence-corrected chi connectivity index (χ4v) is 3.93. The normalized spacial score (nSPS) is 15.8. The summed E-state index contributed by atoms with van der Waals surface area (Å²) in [7, 11) is 1.27. The zero-order valence-electron chi connectivity index (χ0n) is 18.3. The Morgan fingerprint density at radius 2 is 1.79 bits per heavy atom. The molecule has 0 radical (unpaired) electrons. The van der Waals surface area contributed by atoms with Gasteiger partial charge in [-0.15, -0.1) is 6.58 Å². The quantitative estimate of drug-likeness (QED) is 0.258. The summed E-state index contributed by atoms with van der Waals surface area (Å²) in [5, 5.41) is 11.8. The molecule has 6 nitrogen and oxygen atoms in total. The minimum absolute atomic E-state index is 0.116. The Hall–Kier alpha value is -3.71. The van der Waals surface area contributed by atoms with E-state index in [0.29, 0.717) is 34.2 Å². The molecule has 7 heteroatoms. The Morgan fingerprint density at radius 1 is 1.12 bits per heavy atom. The molecule has 2 N–H and O–H groups in total. The van der Waals surface area contributed by atoms with Crippen molar-refractivity contribution in [3.8, 4) is 0 Å². The first kappa shape index (κ1) is 23.9. The van der Waals surface area contributed by atoms with Crippen molar-refractivity contribution >= 4 is 34.5 Å². The molecule has 1 amide bonds. The van der Waals surface area contributed by atoms with Crippen molar-refractivity contribution in [3.05, 3.63) is 108 Å². The van der Waals surface area contributed by atoms with Crippen LogP contribution in [0.15, 0.2) is 102 Å². The van der Waals surface area contributed by atoms with E-state index in [-0.39, 0.29) is 11.5 Å². The van der Waals surface area contributed by atoms with E-state index in [2.05, 4.69) is 21.6 Å². The first-order valence-corrected chi connectivity index (χ1v) is 11.3. The summed E-state index contributed by atoms with van der Waals surface area (Å²) in [5.74, 6) is -0.0769. The lowest BCUT2D eigenvalue weighted by molar-refractivity contribution is 0.102. The van der Waals surface area contributed by atoms with Gasteiger partial charge in [-0.2, -0.15) is 0 Å². The van der Waals surface area contributed by atoms with Crippen molar-refractivity contribution in [2.75, 3.05) is 12.9 Å². The molecule has 0 fully saturated rings. The summed E-state index contributed by atoms with van der Waals surface area (Å²) < 4.78 is 4.67. The molecular weight excluding hydrogens is 434 g/mol. The van der Waals surface area contributed by atoms with Crippen molar-refractivity contribution in [2.24, 2.45) is 10.9 Å². The van der Waals surface area contributed by atoms with Crippen LogP contribution in [-0.4, -0.2) is 35.6 Å². The molecule has 0 saturated heterocycles. The van der Waals surface area contributed by atoms with E-state index >= 15 is 0 Å². The van der Waals surface area contributed by atoms with Gasteiger partial charge in [-0.3, -0.25) is 10.1 Å². The van der Waals surface area contributed by atoms with Crippen LogP contribution in [0.2, 0.25) is 0 Å². The number of amidine groups is 1. The first-order chi connectivity index (χ1) is 16.0. The zero-order chi connectivity index (χ0) is 23.6. The number of ether oxygens (including phenoxy) is 1. The fourth-order valence-electron chi connectivity index (χ4n) is 3.34. The summed E-state index contributed by atoms with van der Waals surface area (Å²) in [6.45, 7) is 3.69. The molecule has 3 rings (SSSR count). The highest BCUT2D eigenvalue weighted by atomic mass is 32.2. The molecule has 33 heavy (non-hydrogen) atoms. The number of alkyl carbamates (subject to hydrolysis) is 1. The Kier molecular flexibility index (Phi) is 8.55. The molecule has 2 aromatic rings. The number of Topliss-reactive ketones (excluding diaryl/α,β-unsaturated/α-hetero) is 1. The van der Waals surface area contributed by atoms with Crippen molar-refractivity contribution in [1.82, 2.24) is 5.32 Å². The maximum absolute atomic E-state index is 13.3. The van der Waals surface area contributed by atoms with Crippen molar-refractivity contribution in [3.63, 3.8) is 0 Å². The second-order valence-electron chi connectivity index (χ2n) is 7.16. The standard InChI is InChI=1S/C26H25N3O3S/c1-3-16-33-25(29-26(31)32-2)28-22-15-14-20(24(30)19-12-8-5-9-13-19)21(23(22)27)17-18-10-6-4-7-11-18/h3-15,21,27H,1,16-17H2,2H3,(H,28,29,31). The maximum Gasteiger partial charge on any atom is 0.412 e. The number of benzene rings is 2. The van der Waals surface area contributed by atoms with Gasteiger partial charge in [-0.05, 0) is 18.1 Å². The lowest BCUT2D eigenvalue weighted by Crippen LogP contribution is -2.31. The third-order valence-corrected chi connectivity index (χ3v) is 5.82. The van der Waals surface area contributed by atoms with Crippen LogP contribution in [0, 0.1) is 11.3 Å². The monoisotopic (exact) mass is 459 g/mol. The predicted molar refractivity (Wildman–Crippen MR) is 134 cm³/mol. The Bertz CT molecular complexity index is 1120. The summed E-state index contributed by atoms with van der Waals surface area (Å²) in [6.07, 6.45) is 4.90. The van der Waals surface area contributed by atoms with Gasteiger partial charge >= 0.3 is 6.09 Å². The van der Waals surface area contributed by atoms with Gasteiger partial charge in [0.1, 0.15) is 0 Å². The first-order valence-electron chi connectivity index (χ1n) is 10.3. The van der Waals surface area contributed by atoms with Gasteiger partial charge in [0.25, 0.3) is 0 Å². The molecule has 1 atom stereocenters. The summed E-state index contributed by atoms with van der Waals surface area (Å²) in [6, 6.07) is 18.8. The third-order valence-electron chi connectivity index (χ3n) is 4.96. The van der Waals surface area contributed by atoms with Gasteiger partial charge in [-0.1, -0.05) is 84.6 Å². The van der Waals surface area contributed by atoms with Crippen LogP contribution in [0.1, 0.15) is 15.9 Å². The van der Waals surface area contributed by atoms with Crippen LogP contribution in [0.25, 0.3) is 0 Å². The summed E-state index contributed by atoms with van der Waals surface area (Å²) in [4.78, 5) is 29.5. The second-order valence-corrected chi connectivity index (χ2v) is 8.17. The van der Waals surface area contributed by atoms with Crippen LogP contribution < -0.4 is 5.32 Å². The summed E-state index contributed by atoms with van der Waals surface area (Å²) >= 11 is 1.26. The molecule has 1 aliphatic carbocycles. The second kappa shape index (κ2) is 11.8. The molecule has 0 bridgehead atoms. The number of amides is 1. The minimum Gasteiger partial charge on any atom is -0.453 e. The number of ketones is 1. The lowest BCUT2D eigenvalue weighted by Gasteiger charge is -2.24. The highest BCUT2D eigenvalue weighted by molar-refractivity contribution is 8.14. The van der Waals surface area contributed by atoms with Crippen molar-refractivity contribution in [1.29, 1.82) is 5.41 Å². The molecule has 0 heterocycles. The lowest BCUT2D eigenvalue weighted by atomic mass is 9.80. The smallest absolute Gasteiger partial charge is 0.412 e. The highest BCUT2D eigenvalue weighted by Gasteiger charge is 2.30. The van der Waals surface area contributed by atoms with Gasteiger partial charge < -0.3 is 10.1 Å². The molecule has 0 aromatic heterocycles. The topological polar surface area (TPSA) is 91.6 Å². The van der Waals surface area contributed by atoms with Gasteiger partial charge in [0.05, 0.1) is 18.5 Å². The molecule has 168 valence electrons. The van der Waals surface area contributed by atoms with Gasteiger partial charge in [0.2, 0.25) is 0 Å². The van der Waals surface area contributed by atoms with Crippen molar-refractivity contribution < 1.29 is 14.3 Å². The maximum atomic E-state index is 13.3. The van der Waals surface area contributed by atoms with Crippen molar-refractivity contribution in [2.45, 2.75) is 6.42 Å². The number of aliphatic imine (C=N–C) groups is 1. The van der Waals surface area contributed by atoms with E-state index in [1.54, 1.807) is 30.4 Å². The molecule has 0 saturated carbocycles. The number of rotatable bonds is 7. The SMILES string of the molecule is C=CCSC(=NC1=CC=C(C(=O)c2ccccc2)C(Cc2ccccc2)C1=N)NC(=O)OC. The molecule has 1 unspecified atom stereocenters. The molecule has 0 spiro atoms. The molecule has 0 aliphatic heterocycles. The number of carbonyl (C=O) groups excluding carboxylic acids is 2. The van der Waals surface area contributed by atoms with Crippen LogP contribution >= 0.6 is 11.8 Å². The van der Waals surface area contributed by atoms with Gasteiger partial charge in [0, 0.05) is 22.8 Å². The van der Waals surface area contributed by atoms with Crippen LogP contribution in [0.4, 0.5) is 4.79 Å². The molecular formula is C26H25N3O3S. The van der Waals surface area contributed by atoms with E-state index in [1.165, 1.54) is 18.9 Å². The van der Waals surface area contributed by atoms with E-state index in [9.17, 15) is 9.59 Å². The fraction of sp³-hybridized carbons (Fsp3) is 0.154. The Morgan fingerprint density at radius 3 is 2.42 bits per heavy atom. The van der Waals surface area contributed by atoms with Crippen LogP contribution in [0.5, 0.6) is 0 Å². The Balaban J connectivity index is 1.99. The van der Waals surface area contributed by atoms with Crippen LogP contribution in [-0.2, 0) is 11.2 Å². The number of carbonyl (C=O) groups is 2. The average Bonchev–Trinajstić information content (AvgIpc) is 2.85. The molecule has 2 aromatic carbocycles. The number of nitrogens with zero attached hydrogens (tertiary/aromatic N) is 1. The van der Waals surface area contributed by atoms with Gasteiger partial charge in [-0.25, -0.2) is 9.79 Å². The average molecular weight is 460 g/mol. The molecule has 1 aliphatic rings. The van der Waals surface area contributed by atoms with E-state index in [1.807, 2.05) is 48.5 Å². The minimum atomic E-state index is -0.649. The largest absolute Gasteiger partial charge is 0.453 e. The third kappa shape index (κ3) is 6.40. The number of methoxy groups -OCH3 is 1. The van der Waals surface area contributed by atoms with E-state index in [4.69, 9.17) is 5.41 Å². The highest BCUT2D eigenvalue weighted by Crippen LogP contribution is 2.29. The summed E-state index contributed by atoms with van der Waals surface area (Å²) in [5.41, 5.74) is 2.71. The van der Waals surface area contributed by atoms with Gasteiger partial charge in [0.15, 0.2) is 11.0 Å². The predicted octanol–water partition coefficient (Wildman–Crippen LogP) is 5.20. The van der Waals surface area contributed by atoms with E-state index < -0.39 is 12.0 Å². The number of hydrogen-bond acceptors (Lipinski definition) is 6. The van der Waals surface area contributed by atoms with Crippen LogP contribution in [0.3, 0.4) is 0 Å².